The first-order chi connectivity index (χ1) is 18.9. The van der Waals surface area contributed by atoms with Crippen LogP contribution in [0.25, 0.3) is 5.69 Å². The molecule has 1 aliphatic rings. The molecule has 2 amide bonds. The SMILES string of the molecule is CCOc1ccc(-n2c(CNC(=O)c3cc(Br)ccc3Cl)nnc2SCC(=O)N2CCc3ccccc32)cc1. The summed E-state index contributed by atoms with van der Waals surface area (Å²) in [5.41, 5.74) is 3.28. The lowest BCUT2D eigenvalue weighted by molar-refractivity contribution is -0.116. The number of anilines is 1. The number of fused-ring (bicyclic) bond motifs is 1. The molecule has 0 atom stereocenters. The highest BCUT2D eigenvalue weighted by Gasteiger charge is 2.25. The Labute approximate surface area is 243 Å². The maximum Gasteiger partial charge on any atom is 0.253 e. The molecule has 11 heteroatoms. The zero-order chi connectivity index (χ0) is 27.4. The lowest BCUT2D eigenvalue weighted by Crippen LogP contribution is -2.30. The number of nitrogens with one attached hydrogen (secondary N) is 1. The lowest BCUT2D eigenvalue weighted by atomic mass is 10.2. The van der Waals surface area contributed by atoms with E-state index in [1.54, 1.807) is 18.2 Å². The van der Waals surface area contributed by atoms with E-state index in [-0.39, 0.29) is 24.1 Å². The second kappa shape index (κ2) is 12.2. The summed E-state index contributed by atoms with van der Waals surface area (Å²) in [7, 11) is 0. The fourth-order valence-electron chi connectivity index (χ4n) is 4.35. The Morgan fingerprint density at radius 3 is 2.69 bits per heavy atom. The Morgan fingerprint density at radius 1 is 1.10 bits per heavy atom. The minimum atomic E-state index is -0.334. The standard InChI is InChI=1S/C28H25BrClN5O3S/c1-2-38-21-10-8-20(9-11-21)35-25(16-31-27(37)22-15-19(29)7-12-23(22)30)32-33-28(35)39-17-26(36)34-14-13-18-5-3-4-6-24(18)34/h3-12,15H,2,13-14,16-17H2,1H3,(H,31,37). The molecule has 0 unspecified atom stereocenters. The van der Waals surface area contributed by atoms with Crippen LogP contribution in [-0.2, 0) is 17.8 Å². The van der Waals surface area contributed by atoms with Crippen molar-refractivity contribution in [3.63, 3.8) is 0 Å². The number of amides is 2. The maximum atomic E-state index is 13.1. The molecule has 0 spiro atoms. The van der Waals surface area contributed by atoms with Gasteiger partial charge < -0.3 is 15.0 Å². The number of aromatic nitrogens is 3. The van der Waals surface area contributed by atoms with Gasteiger partial charge in [-0.1, -0.05) is 57.5 Å². The van der Waals surface area contributed by atoms with Crippen LogP contribution in [0.2, 0.25) is 5.02 Å². The fraction of sp³-hybridized carbons (Fsp3) is 0.214. The molecule has 5 rings (SSSR count). The summed E-state index contributed by atoms with van der Waals surface area (Å²) in [6.45, 7) is 3.26. The fourth-order valence-corrected chi connectivity index (χ4v) is 5.76. The highest BCUT2D eigenvalue weighted by molar-refractivity contribution is 9.10. The van der Waals surface area contributed by atoms with Crippen molar-refractivity contribution < 1.29 is 14.3 Å². The van der Waals surface area contributed by atoms with Gasteiger partial charge in [-0.05, 0) is 67.4 Å². The van der Waals surface area contributed by atoms with Crippen molar-refractivity contribution >= 4 is 56.8 Å². The van der Waals surface area contributed by atoms with E-state index in [9.17, 15) is 9.59 Å². The number of ether oxygens (including phenoxy) is 1. The first-order valence-corrected chi connectivity index (χ1v) is 14.5. The van der Waals surface area contributed by atoms with E-state index >= 15 is 0 Å². The molecule has 8 nitrogen and oxygen atoms in total. The van der Waals surface area contributed by atoms with Gasteiger partial charge in [0.15, 0.2) is 11.0 Å². The molecule has 0 saturated heterocycles. The van der Waals surface area contributed by atoms with Crippen LogP contribution in [0, 0.1) is 0 Å². The van der Waals surface area contributed by atoms with Gasteiger partial charge in [-0.15, -0.1) is 10.2 Å². The maximum absolute atomic E-state index is 13.1. The van der Waals surface area contributed by atoms with Crippen LogP contribution >= 0.6 is 39.3 Å². The lowest BCUT2D eigenvalue weighted by Gasteiger charge is -2.17. The molecule has 39 heavy (non-hydrogen) atoms. The van der Waals surface area contributed by atoms with Gasteiger partial charge in [0.1, 0.15) is 5.75 Å². The Hall–Kier alpha value is -3.34. The van der Waals surface area contributed by atoms with E-state index in [0.29, 0.717) is 34.7 Å². The normalized spacial score (nSPS) is 12.3. The van der Waals surface area contributed by atoms with Gasteiger partial charge in [0.2, 0.25) is 5.91 Å². The molecule has 0 fully saturated rings. The van der Waals surface area contributed by atoms with Crippen LogP contribution in [0.3, 0.4) is 0 Å². The van der Waals surface area contributed by atoms with Crippen molar-refractivity contribution in [2.75, 3.05) is 23.8 Å². The zero-order valence-corrected chi connectivity index (χ0v) is 24.2. The summed E-state index contributed by atoms with van der Waals surface area (Å²) in [4.78, 5) is 27.8. The summed E-state index contributed by atoms with van der Waals surface area (Å²) >= 11 is 10.9. The Kier molecular flexibility index (Phi) is 8.54. The minimum absolute atomic E-state index is 0.00495. The molecule has 4 aromatic rings. The van der Waals surface area contributed by atoms with Crippen LogP contribution < -0.4 is 15.0 Å². The first-order valence-electron chi connectivity index (χ1n) is 12.4. The van der Waals surface area contributed by atoms with Crippen molar-refractivity contribution in [3.8, 4) is 11.4 Å². The number of thioether (sulfide) groups is 1. The predicted octanol–water partition coefficient (Wildman–Crippen LogP) is 5.69. The van der Waals surface area contributed by atoms with Crippen LogP contribution in [0.5, 0.6) is 5.75 Å². The molecule has 1 aliphatic heterocycles. The average Bonchev–Trinajstić information content (AvgIpc) is 3.56. The van der Waals surface area contributed by atoms with Crippen molar-refractivity contribution in [1.82, 2.24) is 20.1 Å². The second-order valence-electron chi connectivity index (χ2n) is 8.68. The summed E-state index contributed by atoms with van der Waals surface area (Å²) in [6.07, 6.45) is 0.848. The van der Waals surface area contributed by atoms with Crippen LogP contribution in [0.15, 0.2) is 76.4 Å². The first kappa shape index (κ1) is 27.2. The Bertz CT molecular complexity index is 1510. The summed E-state index contributed by atoms with van der Waals surface area (Å²) < 4.78 is 8.17. The van der Waals surface area contributed by atoms with Gasteiger partial charge >= 0.3 is 0 Å². The monoisotopic (exact) mass is 625 g/mol. The summed E-state index contributed by atoms with van der Waals surface area (Å²) in [5.74, 6) is 1.12. The van der Waals surface area contributed by atoms with Gasteiger partial charge in [0, 0.05) is 22.4 Å². The average molecular weight is 627 g/mol. The van der Waals surface area contributed by atoms with E-state index in [4.69, 9.17) is 16.3 Å². The van der Waals surface area contributed by atoms with E-state index in [1.807, 2.05) is 58.9 Å². The van der Waals surface area contributed by atoms with E-state index in [2.05, 4.69) is 37.5 Å². The molecular formula is C28H25BrClN5O3S. The van der Waals surface area contributed by atoms with Crippen molar-refractivity contribution in [2.24, 2.45) is 0 Å². The van der Waals surface area contributed by atoms with Crippen molar-refractivity contribution in [1.29, 1.82) is 0 Å². The smallest absolute Gasteiger partial charge is 0.253 e. The number of rotatable bonds is 9. The molecule has 3 aromatic carbocycles. The highest BCUT2D eigenvalue weighted by atomic mass is 79.9. The van der Waals surface area contributed by atoms with E-state index in [1.165, 1.54) is 17.3 Å². The van der Waals surface area contributed by atoms with Gasteiger partial charge in [-0.25, -0.2) is 0 Å². The molecule has 1 aromatic heterocycles. The number of hydrogen-bond donors (Lipinski definition) is 1. The molecule has 0 bridgehead atoms. The second-order valence-corrected chi connectivity index (χ2v) is 10.9. The number of benzene rings is 3. The molecule has 0 aliphatic carbocycles. The summed E-state index contributed by atoms with van der Waals surface area (Å²) in [5, 5.41) is 12.5. The third-order valence-electron chi connectivity index (χ3n) is 6.20. The molecule has 2 heterocycles. The summed E-state index contributed by atoms with van der Waals surface area (Å²) in [6, 6.07) is 20.6. The van der Waals surface area contributed by atoms with E-state index in [0.717, 1.165) is 28.0 Å². The number of carbonyl (C=O) groups excluding carboxylic acids is 2. The number of hydrogen-bond acceptors (Lipinski definition) is 6. The highest BCUT2D eigenvalue weighted by Crippen LogP contribution is 2.30. The third kappa shape index (κ3) is 6.13. The number of nitrogens with zero attached hydrogens (tertiary/aromatic N) is 4. The number of carbonyl (C=O) groups is 2. The topological polar surface area (TPSA) is 89.3 Å². The predicted molar refractivity (Wildman–Crippen MR) is 156 cm³/mol. The van der Waals surface area contributed by atoms with Crippen molar-refractivity contribution in [3.05, 3.63) is 93.2 Å². The van der Waals surface area contributed by atoms with Gasteiger partial charge in [0.25, 0.3) is 5.91 Å². The van der Waals surface area contributed by atoms with Gasteiger partial charge in [-0.2, -0.15) is 0 Å². The Balaban J connectivity index is 1.36. The zero-order valence-electron chi connectivity index (χ0n) is 21.1. The molecule has 1 N–H and O–H groups in total. The van der Waals surface area contributed by atoms with Crippen LogP contribution in [0.4, 0.5) is 5.69 Å². The number of para-hydroxylation sites is 1. The van der Waals surface area contributed by atoms with Crippen molar-refractivity contribution in [2.45, 2.75) is 25.0 Å². The number of halogens is 2. The molecule has 0 radical (unpaired) electrons. The van der Waals surface area contributed by atoms with Gasteiger partial charge in [0.05, 0.1) is 29.5 Å². The Morgan fingerprint density at radius 2 is 1.90 bits per heavy atom. The van der Waals surface area contributed by atoms with Gasteiger partial charge in [-0.3, -0.25) is 14.2 Å². The van der Waals surface area contributed by atoms with E-state index < -0.39 is 0 Å². The molecule has 0 saturated carbocycles. The molecular weight excluding hydrogens is 602 g/mol. The van der Waals surface area contributed by atoms with Crippen LogP contribution in [-0.4, -0.2) is 45.5 Å². The largest absolute Gasteiger partial charge is 0.494 e. The molecule has 200 valence electrons. The third-order valence-corrected chi connectivity index (χ3v) is 7.94. The quantitative estimate of drug-likeness (QED) is 0.240. The minimum Gasteiger partial charge on any atom is -0.494 e. The van der Waals surface area contributed by atoms with Crippen LogP contribution in [0.1, 0.15) is 28.7 Å².